The quantitative estimate of drug-likeness (QED) is 0.445. The number of likely N-dealkylation sites (tertiary alicyclic amines) is 1. The van der Waals surface area contributed by atoms with Gasteiger partial charge in [-0.25, -0.2) is 9.97 Å². The number of hydrogen-bond acceptors (Lipinski definition) is 8. The van der Waals surface area contributed by atoms with Gasteiger partial charge in [-0.05, 0) is 83.2 Å². The largest absolute Gasteiger partial charge is 0.370 e. The number of aromatic nitrogens is 4. The highest BCUT2D eigenvalue weighted by Gasteiger charge is 2.27. The van der Waals surface area contributed by atoms with Crippen molar-refractivity contribution in [2.75, 3.05) is 36.4 Å². The van der Waals surface area contributed by atoms with Crippen molar-refractivity contribution < 1.29 is 4.79 Å². The van der Waals surface area contributed by atoms with E-state index >= 15 is 0 Å². The van der Waals surface area contributed by atoms with Crippen LogP contribution >= 0.6 is 0 Å². The Hall–Kier alpha value is -3.33. The number of anilines is 3. The van der Waals surface area contributed by atoms with Gasteiger partial charge in [-0.15, -0.1) is 0 Å². The zero-order valence-corrected chi connectivity index (χ0v) is 23.2. The Balaban J connectivity index is 1.20. The number of hydrogen-bond donors (Lipinski definition) is 1. The lowest BCUT2D eigenvalue weighted by molar-refractivity contribution is 0.101. The van der Waals surface area contributed by atoms with Gasteiger partial charge in [0.2, 0.25) is 5.95 Å². The second kappa shape index (κ2) is 11.0. The van der Waals surface area contributed by atoms with Crippen LogP contribution in [0.25, 0.3) is 11.0 Å². The van der Waals surface area contributed by atoms with Crippen molar-refractivity contribution in [2.24, 2.45) is 0 Å². The summed E-state index contributed by atoms with van der Waals surface area (Å²) in [6, 6.07) is 4.85. The summed E-state index contributed by atoms with van der Waals surface area (Å²) in [4.78, 5) is 44.9. The van der Waals surface area contributed by atoms with Gasteiger partial charge in [0, 0.05) is 36.8 Å². The summed E-state index contributed by atoms with van der Waals surface area (Å²) in [5, 5.41) is 3.97. The molecule has 0 spiro atoms. The minimum absolute atomic E-state index is 0.0536. The maximum Gasteiger partial charge on any atom is 0.263 e. The highest BCUT2D eigenvalue weighted by atomic mass is 16.1. The first kappa shape index (κ1) is 25.9. The maximum absolute atomic E-state index is 13.4. The molecule has 206 valence electrons. The van der Waals surface area contributed by atoms with Crippen molar-refractivity contribution >= 4 is 34.3 Å². The van der Waals surface area contributed by atoms with Crippen LogP contribution in [0.5, 0.6) is 0 Å². The topological polar surface area (TPSA) is 96.2 Å². The first-order valence-corrected chi connectivity index (χ1v) is 14.6. The fourth-order valence-electron chi connectivity index (χ4n) is 6.84. The number of carbonyl (C=O) groups is 1. The van der Waals surface area contributed by atoms with Gasteiger partial charge in [-0.2, -0.15) is 4.98 Å². The van der Waals surface area contributed by atoms with E-state index in [0.29, 0.717) is 23.0 Å². The molecule has 0 bridgehead atoms. The lowest BCUT2D eigenvalue weighted by Crippen LogP contribution is -2.46. The molecule has 1 saturated carbocycles. The molecule has 3 fully saturated rings. The molecule has 1 aliphatic carbocycles. The van der Waals surface area contributed by atoms with Gasteiger partial charge in [-0.3, -0.25) is 14.2 Å². The van der Waals surface area contributed by atoms with Crippen LogP contribution in [0, 0.1) is 6.92 Å². The van der Waals surface area contributed by atoms with Gasteiger partial charge in [0.1, 0.15) is 11.5 Å². The molecule has 0 amide bonds. The minimum atomic E-state index is -0.240. The van der Waals surface area contributed by atoms with Crippen LogP contribution in [0.4, 0.5) is 17.5 Å². The molecule has 0 aromatic carbocycles. The van der Waals surface area contributed by atoms with Crippen LogP contribution in [0.1, 0.15) is 86.7 Å². The number of fused-ring (bicyclic) bond motifs is 1. The molecule has 0 radical (unpaired) electrons. The minimum Gasteiger partial charge on any atom is -0.370 e. The number of nitrogens with one attached hydrogen (secondary N) is 1. The fourth-order valence-corrected chi connectivity index (χ4v) is 6.84. The van der Waals surface area contributed by atoms with E-state index in [2.05, 4.69) is 31.2 Å². The van der Waals surface area contributed by atoms with Crippen LogP contribution in [-0.2, 0) is 0 Å². The number of nitrogens with zero attached hydrogens (tertiary/aromatic N) is 6. The highest BCUT2D eigenvalue weighted by molar-refractivity contribution is 5.99. The van der Waals surface area contributed by atoms with Crippen molar-refractivity contribution in [2.45, 2.75) is 83.7 Å². The van der Waals surface area contributed by atoms with Crippen molar-refractivity contribution in [1.82, 2.24) is 24.4 Å². The Kier molecular flexibility index (Phi) is 7.34. The average Bonchev–Trinajstić information content (AvgIpc) is 3.48. The standard InChI is InChI=1S/C30H39N7O2/c1-20-25-19-32-30(34-28(25)37(23-8-4-5-9-23)29(39)27(20)21(2)38)33-26-11-10-24(18-31-26)36-16-12-22(13-17-36)35-14-6-3-7-15-35/h10-11,18-19,22-23H,3-9,12-17H2,1-2H3,(H,31,32,33,34). The van der Waals surface area contributed by atoms with Gasteiger partial charge in [-0.1, -0.05) is 19.3 Å². The van der Waals surface area contributed by atoms with Gasteiger partial charge < -0.3 is 15.1 Å². The number of pyridine rings is 2. The molecule has 3 aromatic rings. The first-order valence-electron chi connectivity index (χ1n) is 14.6. The van der Waals surface area contributed by atoms with E-state index in [1.165, 1.54) is 52.1 Å². The van der Waals surface area contributed by atoms with E-state index in [0.717, 1.165) is 55.9 Å². The molecule has 3 aromatic heterocycles. The summed E-state index contributed by atoms with van der Waals surface area (Å²) in [5.41, 5.74) is 2.38. The van der Waals surface area contributed by atoms with Gasteiger partial charge in [0.25, 0.3) is 5.56 Å². The molecule has 5 heterocycles. The van der Waals surface area contributed by atoms with E-state index in [1.54, 1.807) is 10.8 Å². The van der Waals surface area contributed by atoms with Gasteiger partial charge in [0.15, 0.2) is 5.78 Å². The predicted octanol–water partition coefficient (Wildman–Crippen LogP) is 5.01. The molecule has 9 heteroatoms. The smallest absolute Gasteiger partial charge is 0.263 e. The molecule has 2 aliphatic heterocycles. The van der Waals surface area contributed by atoms with Crippen molar-refractivity contribution in [3.05, 3.63) is 46.0 Å². The normalized spacial score (nSPS) is 19.6. The Morgan fingerprint density at radius 3 is 2.31 bits per heavy atom. The third kappa shape index (κ3) is 5.16. The molecule has 6 rings (SSSR count). The van der Waals surface area contributed by atoms with Crippen LogP contribution in [-0.4, -0.2) is 62.4 Å². The number of rotatable bonds is 6. The molecule has 0 unspecified atom stereocenters. The molecule has 39 heavy (non-hydrogen) atoms. The number of Topliss-reactive ketones (excluding diaryl/α,β-unsaturated/α-hetero) is 1. The summed E-state index contributed by atoms with van der Waals surface area (Å²) in [6.07, 6.45) is 14.1. The zero-order chi connectivity index (χ0) is 26.9. The Morgan fingerprint density at radius 1 is 0.897 bits per heavy atom. The summed E-state index contributed by atoms with van der Waals surface area (Å²) in [6.45, 7) is 7.91. The number of ketones is 1. The first-order chi connectivity index (χ1) is 19.0. The lowest BCUT2D eigenvalue weighted by Gasteiger charge is -2.40. The SMILES string of the molecule is CC(=O)c1c(C)c2cnc(Nc3ccc(N4CCC(N5CCCCC5)CC4)cn3)nc2n(C2CCCC2)c1=O. The van der Waals surface area contributed by atoms with Crippen LogP contribution in [0.15, 0.2) is 29.3 Å². The second-order valence-electron chi connectivity index (χ2n) is 11.4. The van der Waals surface area contributed by atoms with E-state index in [1.807, 2.05) is 19.2 Å². The summed E-state index contributed by atoms with van der Waals surface area (Å²) in [7, 11) is 0. The van der Waals surface area contributed by atoms with Gasteiger partial charge in [0.05, 0.1) is 17.4 Å². The molecular weight excluding hydrogens is 490 g/mol. The molecule has 0 atom stereocenters. The number of carbonyl (C=O) groups excluding carboxylic acids is 1. The van der Waals surface area contributed by atoms with E-state index in [-0.39, 0.29) is 22.9 Å². The molecule has 2 saturated heterocycles. The average molecular weight is 530 g/mol. The molecule has 3 aliphatic rings. The monoisotopic (exact) mass is 529 g/mol. The number of piperidine rings is 2. The van der Waals surface area contributed by atoms with Gasteiger partial charge >= 0.3 is 0 Å². The maximum atomic E-state index is 13.4. The summed E-state index contributed by atoms with van der Waals surface area (Å²) < 4.78 is 1.74. The molecule has 9 nitrogen and oxygen atoms in total. The predicted molar refractivity (Wildman–Crippen MR) is 154 cm³/mol. The molecular formula is C30H39N7O2. The van der Waals surface area contributed by atoms with Crippen molar-refractivity contribution in [1.29, 1.82) is 0 Å². The van der Waals surface area contributed by atoms with Crippen LogP contribution < -0.4 is 15.8 Å². The molecule has 1 N–H and O–H groups in total. The van der Waals surface area contributed by atoms with Crippen molar-refractivity contribution in [3.63, 3.8) is 0 Å². The Labute approximate surface area is 229 Å². The zero-order valence-electron chi connectivity index (χ0n) is 23.2. The van der Waals surface area contributed by atoms with E-state index < -0.39 is 0 Å². The summed E-state index contributed by atoms with van der Waals surface area (Å²) in [5.74, 6) is 0.840. The highest BCUT2D eigenvalue weighted by Crippen LogP contribution is 2.32. The third-order valence-electron chi connectivity index (χ3n) is 8.97. The summed E-state index contributed by atoms with van der Waals surface area (Å²) >= 11 is 0. The lowest BCUT2D eigenvalue weighted by atomic mass is 9.99. The Bertz CT molecular complexity index is 1400. The van der Waals surface area contributed by atoms with E-state index in [9.17, 15) is 9.59 Å². The van der Waals surface area contributed by atoms with Crippen molar-refractivity contribution in [3.8, 4) is 0 Å². The second-order valence-corrected chi connectivity index (χ2v) is 11.4. The van der Waals surface area contributed by atoms with Crippen LogP contribution in [0.2, 0.25) is 0 Å². The van der Waals surface area contributed by atoms with Crippen LogP contribution in [0.3, 0.4) is 0 Å². The van der Waals surface area contributed by atoms with E-state index in [4.69, 9.17) is 4.98 Å². The fraction of sp³-hybridized carbons (Fsp3) is 0.567. The number of aryl methyl sites for hydroxylation is 1. The third-order valence-corrected chi connectivity index (χ3v) is 8.97. The Morgan fingerprint density at radius 2 is 1.64 bits per heavy atom.